The largest absolute Gasteiger partial charge is 0.460 e. The van der Waals surface area contributed by atoms with Gasteiger partial charge in [0, 0.05) is 6.61 Å². The molecule has 1 atom stereocenters. The Morgan fingerprint density at radius 1 is 0.931 bits per heavy atom. The highest BCUT2D eigenvalue weighted by Crippen LogP contribution is 2.11. The van der Waals surface area contributed by atoms with Crippen molar-refractivity contribution < 1.29 is 28.6 Å². The third kappa shape index (κ3) is 11.9. The first-order chi connectivity index (χ1) is 13.4. The molecule has 1 N–H and O–H groups in total. The number of carbonyl (C=O) groups excluding carboxylic acids is 3. The van der Waals surface area contributed by atoms with Crippen LogP contribution in [-0.2, 0) is 30.4 Å². The standard InChI is InChI=1S/C22H33NO6/c1-21(2,3)28-19(25)14-18(24)17(23-20(26)29-22(4,5)6)12-13-27-15-16-10-8-7-9-11-16/h7-11,17H,12-15H2,1-6H3,(H,23,26). The van der Waals surface area contributed by atoms with E-state index in [-0.39, 0.29) is 13.0 Å². The number of hydrogen-bond acceptors (Lipinski definition) is 6. The monoisotopic (exact) mass is 407 g/mol. The Balaban J connectivity index is 2.65. The number of benzene rings is 1. The number of ketones is 1. The summed E-state index contributed by atoms with van der Waals surface area (Å²) in [7, 11) is 0. The van der Waals surface area contributed by atoms with E-state index in [9.17, 15) is 14.4 Å². The minimum absolute atomic E-state index is 0.216. The Labute approximate surface area is 173 Å². The number of carbonyl (C=O) groups is 3. The summed E-state index contributed by atoms with van der Waals surface area (Å²) in [5.41, 5.74) is -0.388. The molecule has 0 aromatic heterocycles. The van der Waals surface area contributed by atoms with Gasteiger partial charge in [-0.25, -0.2) is 4.79 Å². The molecular weight excluding hydrogens is 374 g/mol. The van der Waals surface area contributed by atoms with E-state index in [0.29, 0.717) is 6.61 Å². The molecule has 1 aromatic rings. The molecule has 1 amide bonds. The van der Waals surface area contributed by atoms with Gasteiger partial charge in [-0.2, -0.15) is 0 Å². The number of rotatable bonds is 9. The van der Waals surface area contributed by atoms with Crippen molar-refractivity contribution in [3.05, 3.63) is 35.9 Å². The Kier molecular flexibility index (Phi) is 9.30. The molecule has 7 heteroatoms. The van der Waals surface area contributed by atoms with Crippen LogP contribution in [0, 0.1) is 0 Å². The van der Waals surface area contributed by atoms with Gasteiger partial charge in [0.2, 0.25) is 0 Å². The van der Waals surface area contributed by atoms with Crippen molar-refractivity contribution in [3.63, 3.8) is 0 Å². The first-order valence-corrected chi connectivity index (χ1v) is 9.71. The van der Waals surface area contributed by atoms with Crippen LogP contribution in [0.5, 0.6) is 0 Å². The number of esters is 1. The Bertz CT molecular complexity index is 673. The zero-order valence-corrected chi connectivity index (χ0v) is 18.2. The van der Waals surface area contributed by atoms with Crippen molar-refractivity contribution in [2.45, 2.75) is 78.2 Å². The predicted octanol–water partition coefficient (Wildman–Crippen LogP) is 3.79. The molecule has 0 heterocycles. The number of ether oxygens (including phenoxy) is 3. The van der Waals surface area contributed by atoms with Crippen molar-refractivity contribution in [3.8, 4) is 0 Å². The molecule has 0 spiro atoms. The van der Waals surface area contributed by atoms with Gasteiger partial charge in [-0.15, -0.1) is 0 Å². The summed E-state index contributed by atoms with van der Waals surface area (Å²) in [6.45, 7) is 11.0. The smallest absolute Gasteiger partial charge is 0.408 e. The summed E-state index contributed by atoms with van der Waals surface area (Å²) in [4.78, 5) is 36.7. The van der Waals surface area contributed by atoms with Crippen LogP contribution in [0.25, 0.3) is 0 Å². The maximum absolute atomic E-state index is 12.6. The molecule has 0 radical (unpaired) electrons. The van der Waals surface area contributed by atoms with E-state index >= 15 is 0 Å². The summed E-state index contributed by atoms with van der Waals surface area (Å²) in [6.07, 6.45) is -0.937. The second-order valence-corrected chi connectivity index (χ2v) is 8.76. The predicted molar refractivity (Wildman–Crippen MR) is 109 cm³/mol. The van der Waals surface area contributed by atoms with E-state index in [0.717, 1.165) is 5.56 Å². The van der Waals surface area contributed by atoms with E-state index in [4.69, 9.17) is 14.2 Å². The highest BCUT2D eigenvalue weighted by molar-refractivity contribution is 5.99. The van der Waals surface area contributed by atoms with E-state index < -0.39 is 41.5 Å². The number of nitrogens with one attached hydrogen (secondary N) is 1. The minimum atomic E-state index is -0.909. The van der Waals surface area contributed by atoms with Crippen LogP contribution in [0.2, 0.25) is 0 Å². The van der Waals surface area contributed by atoms with Crippen LogP contribution in [0.15, 0.2) is 30.3 Å². The maximum atomic E-state index is 12.6. The van der Waals surface area contributed by atoms with Gasteiger partial charge < -0.3 is 19.5 Å². The molecule has 1 rings (SSSR count). The number of Topliss-reactive ketones (excluding diaryl/α,β-unsaturated/α-hetero) is 1. The van der Waals surface area contributed by atoms with Gasteiger partial charge in [0.1, 0.15) is 17.6 Å². The molecule has 162 valence electrons. The Hall–Kier alpha value is -2.41. The molecule has 29 heavy (non-hydrogen) atoms. The van der Waals surface area contributed by atoms with E-state index in [1.807, 2.05) is 30.3 Å². The molecule has 0 aliphatic heterocycles. The van der Waals surface area contributed by atoms with Gasteiger partial charge in [0.15, 0.2) is 5.78 Å². The van der Waals surface area contributed by atoms with Crippen LogP contribution in [0.1, 0.15) is 59.9 Å². The fourth-order valence-corrected chi connectivity index (χ4v) is 2.37. The lowest BCUT2D eigenvalue weighted by Crippen LogP contribution is -2.45. The van der Waals surface area contributed by atoms with Gasteiger partial charge >= 0.3 is 12.1 Å². The van der Waals surface area contributed by atoms with Gasteiger partial charge in [-0.05, 0) is 53.5 Å². The average molecular weight is 408 g/mol. The lowest BCUT2D eigenvalue weighted by molar-refractivity contribution is -0.156. The first-order valence-electron chi connectivity index (χ1n) is 9.71. The topological polar surface area (TPSA) is 90.9 Å². The van der Waals surface area contributed by atoms with Crippen LogP contribution >= 0.6 is 0 Å². The second-order valence-electron chi connectivity index (χ2n) is 8.76. The van der Waals surface area contributed by atoms with E-state index in [2.05, 4.69) is 5.32 Å². The van der Waals surface area contributed by atoms with Gasteiger partial charge in [0.25, 0.3) is 0 Å². The maximum Gasteiger partial charge on any atom is 0.408 e. The fourth-order valence-electron chi connectivity index (χ4n) is 2.37. The Morgan fingerprint density at radius 3 is 2.07 bits per heavy atom. The first kappa shape index (κ1) is 24.6. The molecule has 0 fully saturated rings. The summed E-state index contributed by atoms with van der Waals surface area (Å²) in [5.74, 6) is -1.09. The molecule has 0 saturated heterocycles. The molecule has 0 aliphatic rings. The minimum Gasteiger partial charge on any atom is -0.460 e. The van der Waals surface area contributed by atoms with E-state index in [1.54, 1.807) is 41.5 Å². The van der Waals surface area contributed by atoms with Crippen LogP contribution < -0.4 is 5.32 Å². The summed E-state index contributed by atoms with van der Waals surface area (Å²) in [6, 6.07) is 8.70. The van der Waals surface area contributed by atoms with Crippen LogP contribution in [-0.4, -0.2) is 41.7 Å². The summed E-state index contributed by atoms with van der Waals surface area (Å²) in [5, 5.41) is 2.54. The van der Waals surface area contributed by atoms with Crippen LogP contribution in [0.3, 0.4) is 0 Å². The molecule has 7 nitrogen and oxygen atoms in total. The SMILES string of the molecule is CC(C)(C)OC(=O)CC(=O)C(CCOCc1ccccc1)NC(=O)OC(C)(C)C. The third-order valence-electron chi connectivity index (χ3n) is 3.48. The second kappa shape index (κ2) is 11.0. The molecule has 0 saturated carbocycles. The molecular formula is C22H33NO6. The average Bonchev–Trinajstić information content (AvgIpc) is 2.55. The lowest BCUT2D eigenvalue weighted by atomic mass is 10.1. The normalized spacial score (nSPS) is 12.8. The third-order valence-corrected chi connectivity index (χ3v) is 3.48. The zero-order valence-electron chi connectivity index (χ0n) is 18.2. The highest BCUT2D eigenvalue weighted by atomic mass is 16.6. The molecule has 1 unspecified atom stereocenters. The van der Waals surface area contributed by atoms with E-state index in [1.165, 1.54) is 0 Å². The van der Waals surface area contributed by atoms with Crippen molar-refractivity contribution >= 4 is 17.8 Å². The Morgan fingerprint density at radius 2 is 1.52 bits per heavy atom. The summed E-state index contributed by atoms with van der Waals surface area (Å²) >= 11 is 0. The zero-order chi connectivity index (χ0) is 22.1. The van der Waals surface area contributed by atoms with Crippen LogP contribution in [0.4, 0.5) is 4.79 Å². The van der Waals surface area contributed by atoms with Gasteiger partial charge in [0.05, 0.1) is 12.6 Å². The highest BCUT2D eigenvalue weighted by Gasteiger charge is 2.27. The summed E-state index contributed by atoms with van der Waals surface area (Å²) < 4.78 is 16.0. The molecule has 1 aromatic carbocycles. The number of hydrogen-bond donors (Lipinski definition) is 1. The molecule has 0 aliphatic carbocycles. The van der Waals surface area contributed by atoms with Gasteiger partial charge in [-0.1, -0.05) is 30.3 Å². The van der Waals surface area contributed by atoms with Gasteiger partial charge in [-0.3, -0.25) is 9.59 Å². The lowest BCUT2D eigenvalue weighted by Gasteiger charge is -2.24. The van der Waals surface area contributed by atoms with Crippen molar-refractivity contribution in [1.29, 1.82) is 0 Å². The van der Waals surface area contributed by atoms with Crippen molar-refractivity contribution in [1.82, 2.24) is 5.32 Å². The fraction of sp³-hybridized carbons (Fsp3) is 0.591. The number of alkyl carbamates (subject to hydrolysis) is 1. The van der Waals surface area contributed by atoms with Crippen molar-refractivity contribution in [2.75, 3.05) is 6.61 Å². The quantitative estimate of drug-likeness (QED) is 0.380. The van der Waals surface area contributed by atoms with Crippen molar-refractivity contribution in [2.24, 2.45) is 0 Å². The number of amides is 1. The molecule has 0 bridgehead atoms.